The quantitative estimate of drug-likeness (QED) is 0.808. The van der Waals surface area contributed by atoms with Crippen molar-refractivity contribution in [1.29, 1.82) is 0 Å². The number of carbonyl (C=O) groups is 2. The lowest BCUT2D eigenvalue weighted by Gasteiger charge is -2.13. The number of amides is 1. The third kappa shape index (κ3) is 2.88. The summed E-state index contributed by atoms with van der Waals surface area (Å²) in [5.41, 5.74) is 0.963. The fraction of sp³-hybridized carbons (Fsp3) is 0.429. The molecule has 1 saturated heterocycles. The molecular formula is C14H17NO3. The Morgan fingerprint density at radius 1 is 1.39 bits per heavy atom. The maximum Gasteiger partial charge on any atom is 0.263 e. The van der Waals surface area contributed by atoms with E-state index in [0.717, 1.165) is 18.5 Å². The summed E-state index contributed by atoms with van der Waals surface area (Å²) in [5, 5.41) is 0. The summed E-state index contributed by atoms with van der Waals surface area (Å²) in [6, 6.07) is 7.34. The lowest BCUT2D eigenvalue weighted by Crippen LogP contribution is -2.29. The molecule has 0 aliphatic carbocycles. The second kappa shape index (κ2) is 5.21. The number of hydrogen-bond acceptors (Lipinski definition) is 3. The lowest BCUT2D eigenvalue weighted by molar-refractivity contribution is -0.132. The molecule has 0 saturated carbocycles. The number of rotatable bonds is 4. The zero-order valence-corrected chi connectivity index (χ0v) is 10.7. The van der Waals surface area contributed by atoms with Crippen LogP contribution >= 0.6 is 0 Å². The van der Waals surface area contributed by atoms with Gasteiger partial charge in [0.1, 0.15) is 11.5 Å². The number of ether oxygens (including phenoxy) is 1. The Hall–Kier alpha value is -1.84. The molecule has 1 aliphatic rings. The predicted molar refractivity (Wildman–Crippen MR) is 67.5 cm³/mol. The van der Waals surface area contributed by atoms with Crippen molar-refractivity contribution in [3.63, 3.8) is 0 Å². The first-order valence-electron chi connectivity index (χ1n) is 6.06. The van der Waals surface area contributed by atoms with E-state index in [1.165, 1.54) is 0 Å². The summed E-state index contributed by atoms with van der Waals surface area (Å²) in [7, 11) is 1.78. The Bertz CT molecular complexity index is 453. The van der Waals surface area contributed by atoms with E-state index in [1.807, 2.05) is 24.3 Å². The number of hydrogen-bond donors (Lipinski definition) is 0. The molecule has 1 aromatic carbocycles. The maximum absolute atomic E-state index is 11.7. The van der Waals surface area contributed by atoms with E-state index in [9.17, 15) is 9.59 Å². The summed E-state index contributed by atoms with van der Waals surface area (Å²) >= 11 is 0. The Morgan fingerprint density at radius 2 is 2.06 bits per heavy atom. The highest BCUT2D eigenvalue weighted by Gasteiger charge is 2.30. The Kier molecular flexibility index (Phi) is 3.65. The Morgan fingerprint density at radius 3 is 2.56 bits per heavy atom. The molecule has 1 aliphatic heterocycles. The van der Waals surface area contributed by atoms with Crippen LogP contribution in [0.3, 0.4) is 0 Å². The number of carbonyl (C=O) groups excluding carboxylic acids is 2. The monoisotopic (exact) mass is 247 g/mol. The standard InChI is InChI=1S/C14H17NO3/c1-10(16)9-11-3-5-12(6-4-11)18-13-7-8-15(2)14(13)17/h3-6,13H,7-9H2,1-2H3. The van der Waals surface area contributed by atoms with Gasteiger partial charge in [0.25, 0.3) is 5.91 Å². The molecular weight excluding hydrogens is 230 g/mol. The molecule has 0 bridgehead atoms. The van der Waals surface area contributed by atoms with E-state index >= 15 is 0 Å². The van der Waals surface area contributed by atoms with Gasteiger partial charge in [0.2, 0.25) is 0 Å². The van der Waals surface area contributed by atoms with Gasteiger partial charge < -0.3 is 9.64 Å². The normalized spacial score (nSPS) is 19.1. The predicted octanol–water partition coefficient (Wildman–Crippen LogP) is 1.43. The van der Waals surface area contributed by atoms with E-state index in [0.29, 0.717) is 12.2 Å². The molecule has 1 heterocycles. The highest BCUT2D eigenvalue weighted by Crippen LogP contribution is 2.19. The van der Waals surface area contributed by atoms with Crippen molar-refractivity contribution in [3.8, 4) is 5.75 Å². The van der Waals surface area contributed by atoms with Gasteiger partial charge in [-0.3, -0.25) is 9.59 Å². The van der Waals surface area contributed by atoms with Gasteiger partial charge in [-0.15, -0.1) is 0 Å². The number of ketones is 1. The minimum Gasteiger partial charge on any atom is -0.481 e. The van der Waals surface area contributed by atoms with E-state index < -0.39 is 0 Å². The second-order valence-corrected chi connectivity index (χ2v) is 4.68. The van der Waals surface area contributed by atoms with Gasteiger partial charge in [-0.05, 0) is 24.6 Å². The molecule has 96 valence electrons. The molecule has 1 aromatic rings. The first-order valence-corrected chi connectivity index (χ1v) is 6.06. The topological polar surface area (TPSA) is 46.6 Å². The minimum atomic E-state index is -0.367. The van der Waals surface area contributed by atoms with Crippen LogP contribution in [0.2, 0.25) is 0 Å². The van der Waals surface area contributed by atoms with Crippen LogP contribution in [0.25, 0.3) is 0 Å². The highest BCUT2D eigenvalue weighted by molar-refractivity contribution is 5.83. The molecule has 0 N–H and O–H groups in total. The summed E-state index contributed by atoms with van der Waals surface area (Å²) in [6.45, 7) is 2.31. The van der Waals surface area contributed by atoms with Crippen molar-refractivity contribution in [2.75, 3.05) is 13.6 Å². The van der Waals surface area contributed by atoms with Gasteiger partial charge in [0, 0.05) is 26.4 Å². The van der Waals surface area contributed by atoms with Gasteiger partial charge >= 0.3 is 0 Å². The molecule has 4 heteroatoms. The lowest BCUT2D eigenvalue weighted by atomic mass is 10.1. The number of likely N-dealkylation sites (N-methyl/N-ethyl adjacent to an activating group) is 1. The Balaban J connectivity index is 1.98. The summed E-state index contributed by atoms with van der Waals surface area (Å²) < 4.78 is 5.64. The average Bonchev–Trinajstić information content (AvgIpc) is 2.63. The van der Waals surface area contributed by atoms with Crippen LogP contribution in [-0.4, -0.2) is 36.3 Å². The van der Waals surface area contributed by atoms with Gasteiger partial charge in [0.05, 0.1) is 0 Å². The van der Waals surface area contributed by atoms with E-state index in [1.54, 1.807) is 18.9 Å². The molecule has 1 amide bonds. The van der Waals surface area contributed by atoms with Gasteiger partial charge in [-0.1, -0.05) is 12.1 Å². The van der Waals surface area contributed by atoms with Crippen molar-refractivity contribution >= 4 is 11.7 Å². The zero-order valence-electron chi connectivity index (χ0n) is 10.7. The third-order valence-corrected chi connectivity index (χ3v) is 3.03. The zero-order chi connectivity index (χ0) is 13.1. The first kappa shape index (κ1) is 12.6. The van der Waals surface area contributed by atoms with E-state index in [-0.39, 0.29) is 17.8 Å². The molecule has 1 fully saturated rings. The van der Waals surface area contributed by atoms with Crippen molar-refractivity contribution < 1.29 is 14.3 Å². The van der Waals surface area contributed by atoms with Crippen LogP contribution in [0.15, 0.2) is 24.3 Å². The van der Waals surface area contributed by atoms with Crippen LogP contribution in [0.4, 0.5) is 0 Å². The third-order valence-electron chi connectivity index (χ3n) is 3.03. The van der Waals surface area contributed by atoms with Crippen LogP contribution in [-0.2, 0) is 16.0 Å². The SMILES string of the molecule is CC(=O)Cc1ccc(OC2CCN(C)C2=O)cc1. The fourth-order valence-corrected chi connectivity index (χ4v) is 2.04. The smallest absolute Gasteiger partial charge is 0.263 e. The van der Waals surface area contributed by atoms with Crippen LogP contribution in [0.1, 0.15) is 18.9 Å². The Labute approximate surface area is 107 Å². The fourth-order valence-electron chi connectivity index (χ4n) is 2.04. The van der Waals surface area contributed by atoms with Crippen molar-refractivity contribution in [2.24, 2.45) is 0 Å². The highest BCUT2D eigenvalue weighted by atomic mass is 16.5. The molecule has 18 heavy (non-hydrogen) atoms. The summed E-state index contributed by atoms with van der Waals surface area (Å²) in [4.78, 5) is 24.3. The largest absolute Gasteiger partial charge is 0.481 e. The molecule has 2 rings (SSSR count). The number of benzene rings is 1. The molecule has 0 radical (unpaired) electrons. The van der Waals surface area contributed by atoms with Crippen LogP contribution in [0, 0.1) is 0 Å². The van der Waals surface area contributed by atoms with Gasteiger partial charge in [-0.25, -0.2) is 0 Å². The van der Waals surface area contributed by atoms with Crippen LogP contribution in [0.5, 0.6) is 5.75 Å². The average molecular weight is 247 g/mol. The van der Waals surface area contributed by atoms with Crippen molar-refractivity contribution in [2.45, 2.75) is 25.9 Å². The van der Waals surface area contributed by atoms with Crippen LogP contribution < -0.4 is 4.74 Å². The van der Waals surface area contributed by atoms with Crippen molar-refractivity contribution in [1.82, 2.24) is 4.90 Å². The number of nitrogens with zero attached hydrogens (tertiary/aromatic N) is 1. The summed E-state index contributed by atoms with van der Waals surface area (Å²) in [6.07, 6.45) is 0.796. The van der Waals surface area contributed by atoms with Crippen molar-refractivity contribution in [3.05, 3.63) is 29.8 Å². The number of Topliss-reactive ketones (excluding diaryl/α,β-unsaturated/α-hetero) is 1. The number of likely N-dealkylation sites (tertiary alicyclic amines) is 1. The first-order chi connectivity index (χ1) is 8.56. The molecule has 1 unspecified atom stereocenters. The van der Waals surface area contributed by atoms with E-state index in [2.05, 4.69) is 0 Å². The molecule has 4 nitrogen and oxygen atoms in total. The van der Waals surface area contributed by atoms with Gasteiger partial charge in [0.15, 0.2) is 6.10 Å². The minimum absolute atomic E-state index is 0.0304. The summed E-state index contributed by atoms with van der Waals surface area (Å²) in [5.74, 6) is 0.843. The molecule has 0 aromatic heterocycles. The van der Waals surface area contributed by atoms with Gasteiger partial charge in [-0.2, -0.15) is 0 Å². The second-order valence-electron chi connectivity index (χ2n) is 4.68. The molecule has 1 atom stereocenters. The molecule has 0 spiro atoms. The maximum atomic E-state index is 11.7. The van der Waals surface area contributed by atoms with E-state index in [4.69, 9.17) is 4.74 Å².